The van der Waals surface area contributed by atoms with Crippen LogP contribution in [0.5, 0.6) is 0 Å². The van der Waals surface area contributed by atoms with Crippen molar-refractivity contribution in [3.8, 4) is 11.1 Å². The molecule has 2 atom stereocenters. The van der Waals surface area contributed by atoms with Crippen molar-refractivity contribution in [2.75, 3.05) is 0 Å². The van der Waals surface area contributed by atoms with Gasteiger partial charge in [-0.15, -0.1) is 8.58 Å². The summed E-state index contributed by atoms with van der Waals surface area (Å²) in [6.07, 6.45) is 1.10. The number of hydrogen-bond acceptors (Lipinski definition) is 0. The van der Waals surface area contributed by atoms with Gasteiger partial charge in [0.1, 0.15) is 0 Å². The molecule has 0 aliphatic rings. The molecule has 0 aromatic heterocycles. The highest BCUT2D eigenvalue weighted by Gasteiger charge is 2.18. The number of hydrogen-bond donors (Lipinski definition) is 0. The Kier molecular flexibility index (Phi) is 5.77. The van der Waals surface area contributed by atoms with E-state index in [-0.39, 0.29) is 0 Å². The molecule has 0 aliphatic carbocycles. The van der Waals surface area contributed by atoms with Gasteiger partial charge in [0.25, 0.3) is 0 Å². The van der Waals surface area contributed by atoms with Gasteiger partial charge in [0.05, 0.1) is 0 Å². The molecule has 0 saturated carbocycles. The van der Waals surface area contributed by atoms with Crippen LogP contribution in [0.3, 0.4) is 0 Å². The van der Waals surface area contributed by atoms with Gasteiger partial charge in [0, 0.05) is 5.66 Å². The van der Waals surface area contributed by atoms with Crippen LogP contribution in [0.15, 0.2) is 115 Å². The first-order valence-electron chi connectivity index (χ1n) is 9.38. The van der Waals surface area contributed by atoms with E-state index in [1.54, 1.807) is 0 Å². The molecule has 4 aromatic carbocycles. The maximum absolute atomic E-state index is 2.30. The summed E-state index contributed by atoms with van der Waals surface area (Å²) in [6, 6.07) is 41.4. The van der Waals surface area contributed by atoms with Crippen molar-refractivity contribution >= 4 is 8.58 Å². The third-order valence-corrected chi connectivity index (χ3v) is 6.51. The minimum Gasteiger partial charge on any atom is -0.105 e. The summed E-state index contributed by atoms with van der Waals surface area (Å²) in [4.78, 5) is 0. The Morgan fingerprint density at radius 2 is 1.11 bits per heavy atom. The second kappa shape index (κ2) is 8.80. The predicted molar refractivity (Wildman–Crippen MR) is 119 cm³/mol. The summed E-state index contributed by atoms with van der Waals surface area (Å²) < 4.78 is 0. The fourth-order valence-electron chi connectivity index (χ4n) is 3.50. The van der Waals surface area contributed by atoms with Gasteiger partial charge in [-0.25, -0.2) is 0 Å². The maximum atomic E-state index is 2.30. The van der Waals surface area contributed by atoms with Gasteiger partial charge in [0.15, 0.2) is 0 Å². The molecule has 0 amide bonds. The zero-order valence-electron chi connectivity index (χ0n) is 15.3. The molecule has 4 rings (SSSR count). The van der Waals surface area contributed by atoms with Crippen molar-refractivity contribution in [1.82, 2.24) is 0 Å². The molecule has 0 spiro atoms. The smallest absolute Gasteiger partial charge is 0.0271 e. The summed E-state index contributed by atoms with van der Waals surface area (Å²) in [5.41, 5.74) is 7.27. The van der Waals surface area contributed by atoms with Crippen LogP contribution in [0.2, 0.25) is 0 Å². The number of benzene rings is 4. The summed E-state index contributed by atoms with van der Waals surface area (Å²) in [7, 11) is 0.797. The van der Waals surface area contributed by atoms with E-state index in [0.29, 0.717) is 5.66 Å². The Hall–Kier alpha value is -2.69. The van der Waals surface area contributed by atoms with Crippen LogP contribution in [0.4, 0.5) is 0 Å². The van der Waals surface area contributed by atoms with Gasteiger partial charge in [0.2, 0.25) is 0 Å². The largest absolute Gasteiger partial charge is 0.105 e. The minimum atomic E-state index is 0.405. The Morgan fingerprint density at radius 1 is 0.556 bits per heavy atom. The van der Waals surface area contributed by atoms with Crippen molar-refractivity contribution in [2.45, 2.75) is 11.8 Å². The first kappa shape index (κ1) is 17.7. The summed E-state index contributed by atoms with van der Waals surface area (Å²) >= 11 is 0. The van der Waals surface area contributed by atoms with E-state index < -0.39 is 0 Å². The first-order chi connectivity index (χ1) is 13.4. The fourth-order valence-corrected chi connectivity index (χ4v) is 5.07. The molecular weight excluding hydrogens is 343 g/mol. The molecule has 27 heavy (non-hydrogen) atoms. The quantitative estimate of drug-likeness (QED) is 0.314. The molecule has 1 heteroatoms. The predicted octanol–water partition coefficient (Wildman–Crippen LogP) is 7.32. The normalized spacial score (nSPS) is 12.3. The third kappa shape index (κ3) is 4.35. The standard InChI is InChI=1S/C26H23P/c1-4-12-21(13-5-1)20-27-26(23-16-8-3-9-17-23)25-19-11-10-18-24(25)22-14-6-2-7-15-22/h1-19,26-27H,20H2. The second-order valence-corrected chi connectivity index (χ2v) is 8.00. The Bertz CT molecular complexity index is 962. The third-order valence-electron chi connectivity index (χ3n) is 4.84. The van der Waals surface area contributed by atoms with Crippen molar-refractivity contribution in [3.05, 3.63) is 132 Å². The Morgan fingerprint density at radius 3 is 1.81 bits per heavy atom. The maximum Gasteiger partial charge on any atom is 0.0271 e. The SMILES string of the molecule is c1ccc(CPC(c2ccccc2)c2ccccc2-c2ccccc2)cc1. The van der Waals surface area contributed by atoms with E-state index in [4.69, 9.17) is 0 Å². The molecule has 132 valence electrons. The summed E-state index contributed by atoms with van der Waals surface area (Å²) in [5.74, 6) is 0. The molecule has 4 aromatic rings. The van der Waals surface area contributed by atoms with Gasteiger partial charge in [-0.1, -0.05) is 115 Å². The van der Waals surface area contributed by atoms with E-state index in [0.717, 1.165) is 14.7 Å². The Labute approximate surface area is 163 Å². The summed E-state index contributed by atoms with van der Waals surface area (Å²) in [6.45, 7) is 0. The molecule has 0 bridgehead atoms. The van der Waals surface area contributed by atoms with Gasteiger partial charge in [-0.2, -0.15) is 0 Å². The Balaban J connectivity index is 1.73. The van der Waals surface area contributed by atoms with E-state index in [1.807, 2.05) is 0 Å². The molecule has 0 fully saturated rings. The molecular formula is C26H23P. The molecule has 0 nitrogen and oxygen atoms in total. The molecule has 2 unspecified atom stereocenters. The molecule has 0 saturated heterocycles. The van der Waals surface area contributed by atoms with Crippen molar-refractivity contribution in [2.24, 2.45) is 0 Å². The van der Waals surface area contributed by atoms with Crippen LogP contribution in [-0.4, -0.2) is 0 Å². The van der Waals surface area contributed by atoms with Gasteiger partial charge in [-0.3, -0.25) is 0 Å². The lowest BCUT2D eigenvalue weighted by molar-refractivity contribution is 1.14. The van der Waals surface area contributed by atoms with Crippen molar-refractivity contribution < 1.29 is 0 Å². The van der Waals surface area contributed by atoms with Crippen LogP contribution < -0.4 is 0 Å². The van der Waals surface area contributed by atoms with E-state index in [9.17, 15) is 0 Å². The second-order valence-electron chi connectivity index (χ2n) is 6.66. The molecule has 0 heterocycles. The van der Waals surface area contributed by atoms with Gasteiger partial charge >= 0.3 is 0 Å². The topological polar surface area (TPSA) is 0 Å². The van der Waals surface area contributed by atoms with Gasteiger partial charge < -0.3 is 0 Å². The highest BCUT2D eigenvalue weighted by molar-refractivity contribution is 7.38. The number of rotatable bonds is 6. The summed E-state index contributed by atoms with van der Waals surface area (Å²) in [5, 5.41) is 0. The van der Waals surface area contributed by atoms with Crippen LogP contribution in [-0.2, 0) is 6.16 Å². The fraction of sp³-hybridized carbons (Fsp3) is 0.0769. The zero-order valence-corrected chi connectivity index (χ0v) is 16.3. The van der Waals surface area contributed by atoms with E-state index >= 15 is 0 Å². The molecule has 0 radical (unpaired) electrons. The van der Waals surface area contributed by atoms with Gasteiger partial charge in [-0.05, 0) is 34.0 Å². The lowest BCUT2D eigenvalue weighted by atomic mass is 9.94. The van der Waals surface area contributed by atoms with Crippen LogP contribution in [0, 0.1) is 0 Å². The molecule has 0 aliphatic heterocycles. The molecule has 0 N–H and O–H groups in total. The lowest BCUT2D eigenvalue weighted by Crippen LogP contribution is -1.99. The monoisotopic (exact) mass is 366 g/mol. The highest BCUT2D eigenvalue weighted by atomic mass is 31.1. The highest BCUT2D eigenvalue weighted by Crippen LogP contribution is 2.45. The lowest BCUT2D eigenvalue weighted by Gasteiger charge is -2.22. The van der Waals surface area contributed by atoms with Crippen LogP contribution in [0.25, 0.3) is 11.1 Å². The average molecular weight is 366 g/mol. The van der Waals surface area contributed by atoms with E-state index in [2.05, 4.69) is 115 Å². The van der Waals surface area contributed by atoms with Crippen LogP contribution >= 0.6 is 8.58 Å². The minimum absolute atomic E-state index is 0.405. The first-order valence-corrected chi connectivity index (χ1v) is 10.7. The van der Waals surface area contributed by atoms with Crippen molar-refractivity contribution in [1.29, 1.82) is 0 Å². The van der Waals surface area contributed by atoms with Crippen LogP contribution in [0.1, 0.15) is 22.3 Å². The van der Waals surface area contributed by atoms with E-state index in [1.165, 1.54) is 27.8 Å². The zero-order chi connectivity index (χ0) is 18.3. The van der Waals surface area contributed by atoms with Crippen molar-refractivity contribution in [3.63, 3.8) is 0 Å². The average Bonchev–Trinajstić information content (AvgIpc) is 2.76.